The van der Waals surface area contributed by atoms with Crippen LogP contribution in [0.25, 0.3) is 0 Å². The summed E-state index contributed by atoms with van der Waals surface area (Å²) in [5, 5.41) is 4.57. The third-order valence-electron chi connectivity index (χ3n) is 4.08. The standard InChI is InChI=1S/C14H21N3O2S/c1-8-12(10(3)16(5)15-8)13(18)14(19)17-6-7-20-11(4)9(17)2/h9,11H,6-7H2,1-5H3/t9-,11-/m0/s1. The molecule has 0 saturated carbocycles. The van der Waals surface area contributed by atoms with Gasteiger partial charge in [0.1, 0.15) is 0 Å². The number of ketones is 1. The van der Waals surface area contributed by atoms with Gasteiger partial charge in [-0.15, -0.1) is 0 Å². The molecule has 1 aliphatic heterocycles. The van der Waals surface area contributed by atoms with Gasteiger partial charge in [0.05, 0.1) is 11.3 Å². The number of rotatable bonds is 2. The highest BCUT2D eigenvalue weighted by molar-refractivity contribution is 8.00. The first-order valence-corrected chi connectivity index (χ1v) is 7.86. The summed E-state index contributed by atoms with van der Waals surface area (Å²) in [5.41, 5.74) is 1.82. The third-order valence-corrected chi connectivity index (χ3v) is 5.41. The van der Waals surface area contributed by atoms with Gasteiger partial charge in [-0.25, -0.2) is 0 Å². The van der Waals surface area contributed by atoms with Crippen LogP contribution in [0.2, 0.25) is 0 Å². The van der Waals surface area contributed by atoms with Crippen molar-refractivity contribution in [3.05, 3.63) is 17.0 Å². The van der Waals surface area contributed by atoms with Gasteiger partial charge in [0, 0.05) is 36.3 Å². The van der Waals surface area contributed by atoms with Gasteiger partial charge in [0.15, 0.2) is 0 Å². The zero-order chi connectivity index (χ0) is 15.0. The molecule has 2 heterocycles. The molecule has 6 heteroatoms. The molecule has 110 valence electrons. The van der Waals surface area contributed by atoms with Crippen molar-refractivity contribution in [2.75, 3.05) is 12.3 Å². The SMILES string of the molecule is Cc1nn(C)c(C)c1C(=O)C(=O)N1CCS[C@@H](C)[C@@H]1C. The van der Waals surface area contributed by atoms with Gasteiger partial charge >= 0.3 is 0 Å². The molecule has 1 fully saturated rings. The van der Waals surface area contributed by atoms with Crippen LogP contribution in [-0.4, -0.2) is 50.0 Å². The van der Waals surface area contributed by atoms with Gasteiger partial charge in [-0.2, -0.15) is 16.9 Å². The van der Waals surface area contributed by atoms with Gasteiger partial charge in [0.25, 0.3) is 11.7 Å². The Morgan fingerprint density at radius 3 is 2.50 bits per heavy atom. The molecule has 1 amide bonds. The second-order valence-electron chi connectivity index (χ2n) is 5.31. The van der Waals surface area contributed by atoms with Crippen LogP contribution in [0, 0.1) is 13.8 Å². The van der Waals surface area contributed by atoms with Gasteiger partial charge in [-0.1, -0.05) is 6.92 Å². The molecule has 20 heavy (non-hydrogen) atoms. The number of aryl methyl sites for hydroxylation is 2. The zero-order valence-corrected chi connectivity index (χ0v) is 13.5. The van der Waals surface area contributed by atoms with E-state index in [-0.39, 0.29) is 6.04 Å². The maximum atomic E-state index is 12.5. The van der Waals surface area contributed by atoms with Gasteiger partial charge in [-0.05, 0) is 20.8 Å². The number of Topliss-reactive ketones (excluding diaryl/α,β-unsaturated/α-hetero) is 1. The summed E-state index contributed by atoms with van der Waals surface area (Å²) in [6.45, 7) is 8.33. The number of hydrogen-bond acceptors (Lipinski definition) is 4. The molecule has 0 radical (unpaired) electrons. The summed E-state index contributed by atoms with van der Waals surface area (Å²) in [6.07, 6.45) is 0. The maximum Gasteiger partial charge on any atom is 0.295 e. The minimum absolute atomic E-state index is 0.0856. The Balaban J connectivity index is 2.27. The van der Waals surface area contributed by atoms with Crippen molar-refractivity contribution in [1.82, 2.24) is 14.7 Å². The second kappa shape index (κ2) is 5.60. The van der Waals surface area contributed by atoms with Crippen LogP contribution in [0.15, 0.2) is 0 Å². The molecule has 0 N–H and O–H groups in total. The smallest absolute Gasteiger partial charge is 0.295 e. The van der Waals surface area contributed by atoms with E-state index < -0.39 is 11.7 Å². The van der Waals surface area contributed by atoms with Crippen molar-refractivity contribution in [3.63, 3.8) is 0 Å². The lowest BCUT2D eigenvalue weighted by molar-refractivity contribution is -0.128. The van der Waals surface area contributed by atoms with E-state index in [2.05, 4.69) is 12.0 Å². The highest BCUT2D eigenvalue weighted by Gasteiger charge is 2.34. The number of amides is 1. The zero-order valence-electron chi connectivity index (χ0n) is 12.6. The van der Waals surface area contributed by atoms with E-state index >= 15 is 0 Å². The van der Waals surface area contributed by atoms with Crippen molar-refractivity contribution in [2.24, 2.45) is 7.05 Å². The van der Waals surface area contributed by atoms with Crippen molar-refractivity contribution >= 4 is 23.5 Å². The average Bonchev–Trinajstić information content (AvgIpc) is 2.65. The van der Waals surface area contributed by atoms with E-state index in [4.69, 9.17) is 0 Å². The molecule has 5 nitrogen and oxygen atoms in total. The summed E-state index contributed by atoms with van der Waals surface area (Å²) in [7, 11) is 1.78. The van der Waals surface area contributed by atoms with Crippen LogP contribution in [-0.2, 0) is 11.8 Å². The summed E-state index contributed by atoms with van der Waals surface area (Å²) in [6, 6.07) is 0.0856. The molecule has 2 atom stereocenters. The quantitative estimate of drug-likeness (QED) is 0.614. The number of aromatic nitrogens is 2. The van der Waals surface area contributed by atoms with Gasteiger partial charge in [0.2, 0.25) is 0 Å². The lowest BCUT2D eigenvalue weighted by Gasteiger charge is -2.37. The molecule has 1 saturated heterocycles. The Hall–Kier alpha value is -1.30. The van der Waals surface area contributed by atoms with Crippen LogP contribution in [0.3, 0.4) is 0 Å². The number of nitrogens with zero attached hydrogens (tertiary/aromatic N) is 3. The fraction of sp³-hybridized carbons (Fsp3) is 0.643. The predicted molar refractivity (Wildman–Crippen MR) is 80.1 cm³/mol. The minimum atomic E-state index is -0.431. The van der Waals surface area contributed by atoms with E-state index in [1.165, 1.54) is 0 Å². The van der Waals surface area contributed by atoms with Crippen LogP contribution in [0.1, 0.15) is 35.6 Å². The molecule has 0 aromatic carbocycles. The number of hydrogen-bond donors (Lipinski definition) is 0. The van der Waals surface area contributed by atoms with Crippen molar-refractivity contribution < 1.29 is 9.59 Å². The molecular weight excluding hydrogens is 274 g/mol. The first kappa shape index (κ1) is 15.1. The summed E-state index contributed by atoms with van der Waals surface area (Å²) >= 11 is 1.84. The Morgan fingerprint density at radius 2 is 1.95 bits per heavy atom. The Morgan fingerprint density at radius 1 is 1.30 bits per heavy atom. The first-order chi connectivity index (χ1) is 9.34. The van der Waals surface area contributed by atoms with E-state index in [1.807, 2.05) is 25.6 Å². The molecule has 1 aromatic rings. The lowest BCUT2D eigenvalue weighted by Crippen LogP contribution is -2.50. The molecule has 2 rings (SSSR count). The van der Waals surface area contributed by atoms with Crippen molar-refractivity contribution in [3.8, 4) is 0 Å². The maximum absolute atomic E-state index is 12.5. The summed E-state index contributed by atoms with van der Waals surface area (Å²) in [4.78, 5) is 26.7. The average molecular weight is 295 g/mol. The molecule has 1 aromatic heterocycles. The van der Waals surface area contributed by atoms with Crippen molar-refractivity contribution in [2.45, 2.75) is 39.0 Å². The number of carbonyl (C=O) groups is 2. The molecule has 0 spiro atoms. The van der Waals surface area contributed by atoms with Crippen LogP contribution in [0.4, 0.5) is 0 Å². The summed E-state index contributed by atoms with van der Waals surface area (Å²) < 4.78 is 1.65. The highest BCUT2D eigenvalue weighted by Crippen LogP contribution is 2.25. The fourth-order valence-corrected chi connectivity index (χ4v) is 3.66. The minimum Gasteiger partial charge on any atom is -0.331 e. The fourth-order valence-electron chi connectivity index (χ4n) is 2.56. The van der Waals surface area contributed by atoms with E-state index in [0.717, 1.165) is 11.4 Å². The largest absolute Gasteiger partial charge is 0.331 e. The van der Waals surface area contributed by atoms with Crippen LogP contribution < -0.4 is 0 Å². The van der Waals surface area contributed by atoms with E-state index in [0.29, 0.717) is 23.1 Å². The monoisotopic (exact) mass is 295 g/mol. The number of thioether (sulfide) groups is 1. The number of carbonyl (C=O) groups excluding carboxylic acids is 2. The molecule has 0 aliphatic carbocycles. The third kappa shape index (κ3) is 2.49. The Kier molecular flexibility index (Phi) is 4.22. The van der Waals surface area contributed by atoms with Crippen molar-refractivity contribution in [1.29, 1.82) is 0 Å². The Bertz CT molecular complexity index is 553. The topological polar surface area (TPSA) is 55.2 Å². The lowest BCUT2D eigenvalue weighted by atomic mass is 10.1. The predicted octanol–water partition coefficient (Wildman–Crippen LogP) is 1.57. The van der Waals surface area contributed by atoms with Crippen LogP contribution >= 0.6 is 11.8 Å². The van der Waals surface area contributed by atoms with Crippen LogP contribution in [0.5, 0.6) is 0 Å². The highest BCUT2D eigenvalue weighted by atomic mass is 32.2. The molecule has 1 aliphatic rings. The molecular formula is C14H21N3O2S. The normalized spacial score (nSPS) is 22.9. The summed E-state index contributed by atoms with van der Waals surface area (Å²) in [5.74, 6) is 0.0538. The van der Waals surface area contributed by atoms with Gasteiger partial charge < -0.3 is 4.90 Å². The molecule has 0 bridgehead atoms. The van der Waals surface area contributed by atoms with Gasteiger partial charge in [-0.3, -0.25) is 14.3 Å². The van der Waals surface area contributed by atoms with E-state index in [1.54, 1.807) is 23.6 Å². The molecule has 0 unspecified atom stereocenters. The Labute approximate surface area is 123 Å². The second-order valence-corrected chi connectivity index (χ2v) is 6.80. The van der Waals surface area contributed by atoms with E-state index in [9.17, 15) is 9.59 Å². The first-order valence-electron chi connectivity index (χ1n) is 6.81.